The highest BCUT2D eigenvalue weighted by Crippen LogP contribution is 2.16. The van der Waals surface area contributed by atoms with E-state index in [1.807, 2.05) is 36.4 Å². The summed E-state index contributed by atoms with van der Waals surface area (Å²) in [5.41, 5.74) is 2.19. The van der Waals surface area contributed by atoms with Gasteiger partial charge in [-0.1, -0.05) is 24.3 Å². The molecule has 2 aromatic heterocycles. The topological polar surface area (TPSA) is 63.3 Å². The van der Waals surface area contributed by atoms with E-state index in [4.69, 9.17) is 9.52 Å². The van der Waals surface area contributed by atoms with Crippen LogP contribution in [0.2, 0.25) is 0 Å². The number of hydrogen-bond acceptors (Lipinski definition) is 3. The highest BCUT2D eigenvalue weighted by Gasteiger charge is 2.11. The first kappa shape index (κ1) is 12.2. The summed E-state index contributed by atoms with van der Waals surface area (Å²) < 4.78 is 4.91. The molecule has 2 heterocycles. The first-order valence-corrected chi connectivity index (χ1v) is 6.09. The van der Waals surface area contributed by atoms with E-state index in [9.17, 15) is 4.79 Å². The SMILES string of the molecule is O=C(O)c1occc1C=Cc1ccc2ccccc2n1. The van der Waals surface area contributed by atoms with Crippen molar-refractivity contribution in [1.82, 2.24) is 4.98 Å². The van der Waals surface area contributed by atoms with Crippen LogP contribution in [0.5, 0.6) is 0 Å². The van der Waals surface area contributed by atoms with Gasteiger partial charge in [-0.2, -0.15) is 0 Å². The normalized spacial score (nSPS) is 11.2. The van der Waals surface area contributed by atoms with Gasteiger partial charge in [-0.25, -0.2) is 9.78 Å². The van der Waals surface area contributed by atoms with E-state index in [0.29, 0.717) is 5.56 Å². The van der Waals surface area contributed by atoms with Crippen LogP contribution in [0.4, 0.5) is 0 Å². The Hall–Kier alpha value is -2.88. The maximum Gasteiger partial charge on any atom is 0.372 e. The van der Waals surface area contributed by atoms with Crippen LogP contribution >= 0.6 is 0 Å². The lowest BCUT2D eigenvalue weighted by atomic mass is 10.2. The maximum absolute atomic E-state index is 10.9. The molecule has 0 aliphatic carbocycles. The summed E-state index contributed by atoms with van der Waals surface area (Å²) in [5, 5.41) is 10.0. The molecule has 0 spiro atoms. The van der Waals surface area contributed by atoms with Crippen molar-refractivity contribution in [2.24, 2.45) is 0 Å². The fourth-order valence-electron chi connectivity index (χ4n) is 1.97. The lowest BCUT2D eigenvalue weighted by Crippen LogP contribution is -1.95. The number of rotatable bonds is 3. The van der Waals surface area contributed by atoms with E-state index in [2.05, 4.69) is 4.98 Å². The number of aromatic nitrogens is 1. The van der Waals surface area contributed by atoms with Crippen molar-refractivity contribution in [3.63, 3.8) is 0 Å². The van der Waals surface area contributed by atoms with Crippen LogP contribution < -0.4 is 0 Å². The lowest BCUT2D eigenvalue weighted by molar-refractivity contribution is 0.0662. The molecule has 0 unspecified atom stereocenters. The Morgan fingerprint density at radius 3 is 2.80 bits per heavy atom. The third kappa shape index (κ3) is 2.31. The van der Waals surface area contributed by atoms with Crippen molar-refractivity contribution in [2.75, 3.05) is 0 Å². The molecule has 98 valence electrons. The van der Waals surface area contributed by atoms with Crippen LogP contribution in [0, 0.1) is 0 Å². The van der Waals surface area contributed by atoms with Crippen LogP contribution in [-0.2, 0) is 0 Å². The Bertz CT molecular complexity index is 802. The van der Waals surface area contributed by atoms with Crippen molar-refractivity contribution in [3.8, 4) is 0 Å². The van der Waals surface area contributed by atoms with Crippen LogP contribution in [0.1, 0.15) is 21.8 Å². The number of aromatic carboxylic acids is 1. The molecule has 1 N–H and O–H groups in total. The highest BCUT2D eigenvalue weighted by molar-refractivity contribution is 5.90. The number of fused-ring (bicyclic) bond motifs is 1. The fourth-order valence-corrected chi connectivity index (χ4v) is 1.97. The summed E-state index contributed by atoms with van der Waals surface area (Å²) in [5.74, 6) is -1.15. The van der Waals surface area contributed by atoms with Gasteiger partial charge >= 0.3 is 5.97 Å². The van der Waals surface area contributed by atoms with Crippen molar-refractivity contribution in [3.05, 3.63) is 65.7 Å². The fraction of sp³-hybridized carbons (Fsp3) is 0. The molecule has 0 saturated carbocycles. The highest BCUT2D eigenvalue weighted by atomic mass is 16.4. The average Bonchev–Trinajstić information content (AvgIpc) is 2.93. The number of para-hydroxylation sites is 1. The summed E-state index contributed by atoms with van der Waals surface area (Å²) in [6, 6.07) is 13.3. The van der Waals surface area contributed by atoms with Gasteiger partial charge in [-0.3, -0.25) is 0 Å². The lowest BCUT2D eigenvalue weighted by Gasteiger charge is -1.98. The molecule has 0 atom stereocenters. The summed E-state index contributed by atoms with van der Waals surface area (Å²) in [6.07, 6.45) is 4.81. The molecule has 1 aromatic carbocycles. The van der Waals surface area contributed by atoms with Gasteiger partial charge in [0.25, 0.3) is 0 Å². The molecule has 4 heteroatoms. The van der Waals surface area contributed by atoms with Gasteiger partial charge in [0.15, 0.2) is 0 Å². The monoisotopic (exact) mass is 265 g/mol. The Kier molecular flexibility index (Phi) is 3.05. The molecule has 0 fully saturated rings. The van der Waals surface area contributed by atoms with Crippen molar-refractivity contribution in [1.29, 1.82) is 0 Å². The number of nitrogens with zero attached hydrogens (tertiary/aromatic N) is 1. The van der Waals surface area contributed by atoms with Crippen molar-refractivity contribution >= 4 is 29.0 Å². The van der Waals surface area contributed by atoms with Gasteiger partial charge in [0.2, 0.25) is 5.76 Å². The second-order valence-corrected chi connectivity index (χ2v) is 4.27. The van der Waals surface area contributed by atoms with E-state index in [-0.39, 0.29) is 5.76 Å². The Balaban J connectivity index is 1.94. The second kappa shape index (κ2) is 5.01. The van der Waals surface area contributed by atoms with Gasteiger partial charge in [-0.05, 0) is 30.4 Å². The Morgan fingerprint density at radius 1 is 1.10 bits per heavy atom. The van der Waals surface area contributed by atoms with Crippen LogP contribution in [0.15, 0.2) is 53.1 Å². The number of furan rings is 1. The summed E-state index contributed by atoms with van der Waals surface area (Å²) in [7, 11) is 0. The summed E-state index contributed by atoms with van der Waals surface area (Å²) >= 11 is 0. The second-order valence-electron chi connectivity index (χ2n) is 4.27. The Morgan fingerprint density at radius 2 is 1.95 bits per heavy atom. The smallest absolute Gasteiger partial charge is 0.372 e. The minimum Gasteiger partial charge on any atom is -0.475 e. The molecule has 3 rings (SSSR count). The molecular weight excluding hydrogens is 254 g/mol. The molecule has 0 amide bonds. The first-order chi connectivity index (χ1) is 9.74. The maximum atomic E-state index is 10.9. The van der Waals surface area contributed by atoms with E-state index in [0.717, 1.165) is 16.6 Å². The number of carbonyl (C=O) groups is 1. The minimum atomic E-state index is -1.08. The molecular formula is C16H11NO3. The first-order valence-electron chi connectivity index (χ1n) is 6.09. The predicted octanol–water partition coefficient (Wildman–Crippen LogP) is 3.70. The number of benzene rings is 1. The predicted molar refractivity (Wildman–Crippen MR) is 76.3 cm³/mol. The number of carboxylic acid groups (broad SMARTS) is 1. The number of carboxylic acids is 1. The number of hydrogen-bond donors (Lipinski definition) is 1. The molecule has 3 aromatic rings. The zero-order chi connectivity index (χ0) is 13.9. The largest absolute Gasteiger partial charge is 0.475 e. The zero-order valence-corrected chi connectivity index (χ0v) is 10.5. The molecule has 0 bridgehead atoms. The zero-order valence-electron chi connectivity index (χ0n) is 10.5. The molecule has 0 aliphatic rings. The quantitative estimate of drug-likeness (QED) is 0.784. The molecule has 0 radical (unpaired) electrons. The third-order valence-corrected chi connectivity index (χ3v) is 2.94. The third-order valence-electron chi connectivity index (χ3n) is 2.94. The van der Waals surface area contributed by atoms with E-state index >= 15 is 0 Å². The van der Waals surface area contributed by atoms with Crippen molar-refractivity contribution < 1.29 is 14.3 Å². The molecule has 0 saturated heterocycles. The van der Waals surface area contributed by atoms with E-state index < -0.39 is 5.97 Å². The van der Waals surface area contributed by atoms with E-state index in [1.165, 1.54) is 6.26 Å². The van der Waals surface area contributed by atoms with Gasteiger partial charge in [0, 0.05) is 10.9 Å². The van der Waals surface area contributed by atoms with Crippen LogP contribution in [0.25, 0.3) is 23.1 Å². The average molecular weight is 265 g/mol. The number of pyridine rings is 1. The van der Waals surface area contributed by atoms with Gasteiger partial charge in [0.1, 0.15) is 0 Å². The molecule has 20 heavy (non-hydrogen) atoms. The summed E-state index contributed by atoms with van der Waals surface area (Å²) in [4.78, 5) is 15.4. The van der Waals surface area contributed by atoms with Gasteiger partial charge in [-0.15, -0.1) is 0 Å². The minimum absolute atomic E-state index is 0.0676. The van der Waals surface area contributed by atoms with Crippen molar-refractivity contribution in [2.45, 2.75) is 0 Å². The standard InChI is InChI=1S/C16H11NO3/c18-16(19)15-12(9-10-20-15)6-8-13-7-5-11-3-1-2-4-14(11)17-13/h1-10H,(H,18,19). The molecule has 4 nitrogen and oxygen atoms in total. The Labute approximate surface area is 115 Å². The molecule has 0 aliphatic heterocycles. The summed E-state index contributed by atoms with van der Waals surface area (Å²) in [6.45, 7) is 0. The van der Waals surface area contributed by atoms with E-state index in [1.54, 1.807) is 18.2 Å². The van der Waals surface area contributed by atoms with Crippen LogP contribution in [-0.4, -0.2) is 16.1 Å². The van der Waals surface area contributed by atoms with Gasteiger partial charge < -0.3 is 9.52 Å². The van der Waals surface area contributed by atoms with Gasteiger partial charge in [0.05, 0.1) is 17.5 Å². The van der Waals surface area contributed by atoms with Crippen LogP contribution in [0.3, 0.4) is 0 Å².